The molecule has 0 fully saturated rings. The lowest BCUT2D eigenvalue weighted by Crippen LogP contribution is -2.31. The zero-order valence-electron chi connectivity index (χ0n) is 11.8. The Hall–Kier alpha value is -2.45. The monoisotopic (exact) mass is 318 g/mol. The second-order valence-electron chi connectivity index (χ2n) is 4.60. The summed E-state index contributed by atoms with van der Waals surface area (Å²) < 4.78 is 5.34. The molecule has 0 bridgehead atoms. The largest absolute Gasteiger partial charge is 0.464 e. The van der Waals surface area contributed by atoms with Crippen LogP contribution in [-0.2, 0) is 11.3 Å². The van der Waals surface area contributed by atoms with Gasteiger partial charge in [0.25, 0.3) is 5.56 Å². The van der Waals surface area contributed by atoms with Crippen molar-refractivity contribution in [3.8, 4) is 11.3 Å². The minimum atomic E-state index is -0.214. The van der Waals surface area contributed by atoms with Gasteiger partial charge in [0.2, 0.25) is 5.91 Å². The third-order valence-corrected chi connectivity index (χ3v) is 4.01. The van der Waals surface area contributed by atoms with Gasteiger partial charge >= 0.3 is 0 Å². The van der Waals surface area contributed by atoms with E-state index in [1.165, 1.54) is 11.3 Å². The third-order valence-electron chi connectivity index (χ3n) is 3.14. The van der Waals surface area contributed by atoms with Gasteiger partial charge in [0.05, 0.1) is 24.7 Å². The number of H-pyrrole nitrogens is 1. The number of likely N-dealkylation sites (N-methyl/N-ethyl adjacent to an activating group) is 1. The highest BCUT2D eigenvalue weighted by atomic mass is 32.1. The minimum Gasteiger partial charge on any atom is -0.464 e. The average Bonchev–Trinajstić information content (AvgIpc) is 3.15. The number of rotatable bonds is 5. The molecular weight excluding hydrogens is 304 g/mol. The second-order valence-corrected chi connectivity index (χ2v) is 5.45. The molecule has 0 unspecified atom stereocenters. The highest BCUT2D eigenvalue weighted by molar-refractivity contribution is 7.17. The van der Waals surface area contributed by atoms with Crippen LogP contribution in [0, 0.1) is 0 Å². The van der Waals surface area contributed by atoms with Crippen LogP contribution >= 0.6 is 11.3 Å². The minimum absolute atomic E-state index is 0.125. The highest BCUT2D eigenvalue weighted by Gasteiger charge is 2.14. The fourth-order valence-corrected chi connectivity index (χ4v) is 3.02. The molecule has 1 amide bonds. The first-order chi connectivity index (χ1) is 10.7. The molecule has 0 saturated carbocycles. The lowest BCUT2D eigenvalue weighted by Gasteiger charge is -2.03. The number of aromatic amines is 1. The number of aromatic nitrogens is 2. The zero-order valence-corrected chi connectivity index (χ0v) is 12.6. The van der Waals surface area contributed by atoms with Crippen molar-refractivity contribution in [2.75, 3.05) is 13.6 Å². The molecule has 0 aliphatic heterocycles. The van der Waals surface area contributed by atoms with E-state index in [0.717, 1.165) is 5.56 Å². The first-order valence-electron chi connectivity index (χ1n) is 6.64. The summed E-state index contributed by atoms with van der Waals surface area (Å²) in [6.45, 7) is 0.479. The van der Waals surface area contributed by atoms with Crippen LogP contribution in [0.25, 0.3) is 21.5 Å². The van der Waals surface area contributed by atoms with E-state index >= 15 is 0 Å². The number of fused-ring (bicyclic) bond motifs is 1. The normalized spacial score (nSPS) is 11.0. The van der Waals surface area contributed by atoms with Crippen LogP contribution in [0.5, 0.6) is 0 Å². The predicted molar refractivity (Wildman–Crippen MR) is 83.7 cm³/mol. The summed E-state index contributed by atoms with van der Waals surface area (Å²) in [6, 6.07) is 3.58. The topological polar surface area (TPSA) is 100 Å². The lowest BCUT2D eigenvalue weighted by molar-refractivity contribution is -0.119. The number of nitrogens with zero attached hydrogens (tertiary/aromatic N) is 1. The van der Waals surface area contributed by atoms with Gasteiger partial charge in [0, 0.05) is 18.0 Å². The molecule has 3 rings (SSSR count). The summed E-state index contributed by atoms with van der Waals surface area (Å²) in [7, 11) is 1.57. The number of amides is 1. The SMILES string of the molecule is CNC(=O)CNCc1nc2scc(-c3ccco3)c2c(=O)[nH]1. The molecule has 114 valence electrons. The Bertz CT molecular complexity index is 851. The van der Waals surface area contributed by atoms with Crippen molar-refractivity contribution >= 4 is 27.5 Å². The van der Waals surface area contributed by atoms with Gasteiger partial charge in [0.1, 0.15) is 16.4 Å². The Morgan fingerprint density at radius 2 is 2.36 bits per heavy atom. The first-order valence-corrected chi connectivity index (χ1v) is 7.52. The van der Waals surface area contributed by atoms with E-state index in [2.05, 4.69) is 20.6 Å². The van der Waals surface area contributed by atoms with Crippen molar-refractivity contribution in [1.82, 2.24) is 20.6 Å². The Labute approximate surface area is 129 Å². The van der Waals surface area contributed by atoms with Gasteiger partial charge < -0.3 is 20.0 Å². The van der Waals surface area contributed by atoms with E-state index in [1.807, 2.05) is 5.38 Å². The summed E-state index contributed by atoms with van der Waals surface area (Å²) >= 11 is 1.39. The molecule has 3 N–H and O–H groups in total. The van der Waals surface area contributed by atoms with Gasteiger partial charge in [-0.3, -0.25) is 9.59 Å². The molecule has 7 nitrogen and oxygen atoms in total. The van der Waals surface area contributed by atoms with Gasteiger partial charge in [-0.1, -0.05) is 0 Å². The van der Waals surface area contributed by atoms with Gasteiger partial charge in [-0.2, -0.15) is 0 Å². The summed E-state index contributed by atoms with van der Waals surface area (Å²) in [5.74, 6) is 1.01. The van der Waals surface area contributed by atoms with Gasteiger partial charge in [-0.05, 0) is 12.1 Å². The molecule has 3 heterocycles. The smallest absolute Gasteiger partial charge is 0.260 e. The first kappa shape index (κ1) is 14.5. The highest BCUT2D eigenvalue weighted by Crippen LogP contribution is 2.30. The van der Waals surface area contributed by atoms with E-state index < -0.39 is 0 Å². The molecule has 0 radical (unpaired) electrons. The standard InChI is InChI=1S/C14H14N4O3S/c1-15-11(19)6-16-5-10-17-13(20)12-8(7-22-14(12)18-10)9-3-2-4-21-9/h2-4,7,16H,5-6H2,1H3,(H,15,19)(H,17,18,20). The van der Waals surface area contributed by atoms with Crippen LogP contribution in [-0.4, -0.2) is 29.5 Å². The number of thiophene rings is 1. The summed E-state index contributed by atoms with van der Waals surface area (Å²) in [4.78, 5) is 31.2. The lowest BCUT2D eigenvalue weighted by atomic mass is 10.2. The number of nitrogens with one attached hydrogen (secondary N) is 3. The van der Waals surface area contributed by atoms with Crippen molar-refractivity contribution in [2.24, 2.45) is 0 Å². The van der Waals surface area contributed by atoms with Gasteiger partial charge in [-0.15, -0.1) is 11.3 Å². The number of hydrogen-bond acceptors (Lipinski definition) is 6. The number of hydrogen-bond donors (Lipinski definition) is 3. The van der Waals surface area contributed by atoms with Crippen LogP contribution < -0.4 is 16.2 Å². The van der Waals surface area contributed by atoms with E-state index in [-0.39, 0.29) is 18.0 Å². The molecule has 3 aromatic heterocycles. The summed E-state index contributed by atoms with van der Waals surface area (Å²) in [5, 5.41) is 7.81. The maximum Gasteiger partial charge on any atom is 0.260 e. The maximum absolute atomic E-state index is 12.3. The van der Waals surface area contributed by atoms with Crippen molar-refractivity contribution in [1.29, 1.82) is 0 Å². The van der Waals surface area contributed by atoms with Gasteiger partial charge in [0.15, 0.2) is 0 Å². The third kappa shape index (κ3) is 2.78. The fourth-order valence-electron chi connectivity index (χ4n) is 2.07. The fraction of sp³-hybridized carbons (Fsp3) is 0.214. The van der Waals surface area contributed by atoms with Crippen molar-refractivity contribution in [2.45, 2.75) is 6.54 Å². The molecule has 0 atom stereocenters. The average molecular weight is 318 g/mol. The molecule has 0 aromatic carbocycles. The maximum atomic E-state index is 12.3. The van der Waals surface area contributed by atoms with Crippen molar-refractivity contribution in [3.05, 3.63) is 40.0 Å². The van der Waals surface area contributed by atoms with Crippen molar-refractivity contribution in [3.63, 3.8) is 0 Å². The number of furan rings is 1. The second kappa shape index (κ2) is 6.12. The molecule has 3 aromatic rings. The van der Waals surface area contributed by atoms with Crippen LogP contribution in [0.15, 0.2) is 33.0 Å². The summed E-state index contributed by atoms with van der Waals surface area (Å²) in [5.41, 5.74) is 0.526. The van der Waals surface area contributed by atoms with Gasteiger partial charge in [-0.25, -0.2) is 4.98 Å². The van der Waals surface area contributed by atoms with E-state index in [4.69, 9.17) is 4.42 Å². The Morgan fingerprint density at radius 1 is 1.50 bits per heavy atom. The Kier molecular flexibility index (Phi) is 4.03. The number of carbonyl (C=O) groups excluding carboxylic acids is 1. The number of carbonyl (C=O) groups is 1. The predicted octanol–water partition coefficient (Wildman–Crippen LogP) is 1.08. The van der Waals surface area contributed by atoms with E-state index in [9.17, 15) is 9.59 Å². The van der Waals surface area contributed by atoms with Crippen LogP contribution in [0.4, 0.5) is 0 Å². The molecule has 8 heteroatoms. The quantitative estimate of drug-likeness (QED) is 0.653. The molecule has 0 aliphatic rings. The van der Waals surface area contributed by atoms with Crippen LogP contribution in [0.2, 0.25) is 0 Å². The summed E-state index contributed by atoms with van der Waals surface area (Å²) in [6.07, 6.45) is 1.57. The van der Waals surface area contributed by atoms with Crippen LogP contribution in [0.1, 0.15) is 5.82 Å². The molecule has 22 heavy (non-hydrogen) atoms. The van der Waals surface area contributed by atoms with E-state index in [0.29, 0.717) is 28.3 Å². The zero-order chi connectivity index (χ0) is 15.5. The molecule has 0 saturated heterocycles. The Balaban J connectivity index is 1.88. The molecule has 0 spiro atoms. The van der Waals surface area contributed by atoms with E-state index in [1.54, 1.807) is 25.4 Å². The Morgan fingerprint density at radius 3 is 3.09 bits per heavy atom. The molecular formula is C14H14N4O3S. The van der Waals surface area contributed by atoms with Crippen molar-refractivity contribution < 1.29 is 9.21 Å². The molecule has 0 aliphatic carbocycles. The van der Waals surface area contributed by atoms with Crippen LogP contribution in [0.3, 0.4) is 0 Å².